The van der Waals surface area contributed by atoms with E-state index in [4.69, 9.17) is 9.47 Å². The molecule has 134 valence electrons. The third-order valence-electron chi connectivity index (χ3n) is 5.47. The van der Waals surface area contributed by atoms with E-state index in [0.29, 0.717) is 0 Å². The van der Waals surface area contributed by atoms with Gasteiger partial charge in [-0.05, 0) is 26.8 Å². The Morgan fingerprint density at radius 2 is 2.04 bits per heavy atom. The molecule has 1 saturated carbocycles. The highest BCUT2D eigenvalue weighted by Crippen LogP contribution is 2.51. The summed E-state index contributed by atoms with van der Waals surface area (Å²) in [7, 11) is 0. The van der Waals surface area contributed by atoms with Crippen molar-refractivity contribution in [2.45, 2.75) is 45.0 Å². The van der Waals surface area contributed by atoms with Gasteiger partial charge in [-0.3, -0.25) is 4.79 Å². The van der Waals surface area contributed by atoms with E-state index in [1.54, 1.807) is 13.8 Å². The van der Waals surface area contributed by atoms with Crippen molar-refractivity contribution >= 4 is 17.7 Å². The van der Waals surface area contributed by atoms with Gasteiger partial charge in [-0.15, -0.1) is 0 Å². The molecule has 0 bridgehead atoms. The Balaban J connectivity index is 2.07. The van der Waals surface area contributed by atoms with Gasteiger partial charge in [0.25, 0.3) is 0 Å². The minimum Gasteiger partial charge on any atom is -0.458 e. The second kappa shape index (κ2) is 5.66. The fourth-order valence-corrected chi connectivity index (χ4v) is 4.35. The number of rotatable bonds is 2. The van der Waals surface area contributed by atoms with Crippen molar-refractivity contribution < 1.29 is 29.0 Å². The zero-order valence-corrected chi connectivity index (χ0v) is 14.6. The monoisotopic (exact) mass is 346 g/mol. The van der Waals surface area contributed by atoms with Crippen LogP contribution in [0.25, 0.3) is 0 Å². The molecule has 0 unspecified atom stereocenters. The summed E-state index contributed by atoms with van der Waals surface area (Å²) in [5.74, 6) is -3.18. The topological polar surface area (TPSA) is 89.9 Å². The maximum atomic E-state index is 12.5. The largest absolute Gasteiger partial charge is 0.458 e. The van der Waals surface area contributed by atoms with E-state index in [0.717, 1.165) is 5.57 Å². The van der Waals surface area contributed by atoms with Gasteiger partial charge >= 0.3 is 11.9 Å². The average Bonchev–Trinajstić information content (AvgIpc) is 2.91. The summed E-state index contributed by atoms with van der Waals surface area (Å²) < 4.78 is 11.0. The van der Waals surface area contributed by atoms with Gasteiger partial charge in [-0.1, -0.05) is 18.7 Å². The van der Waals surface area contributed by atoms with E-state index < -0.39 is 47.5 Å². The number of esters is 2. The normalized spacial score (nSPS) is 39.9. The minimum absolute atomic E-state index is 0.0108. The number of hydrogen-bond acceptors (Lipinski definition) is 6. The van der Waals surface area contributed by atoms with Gasteiger partial charge in [0.2, 0.25) is 0 Å². The van der Waals surface area contributed by atoms with Crippen LogP contribution in [0.3, 0.4) is 0 Å². The van der Waals surface area contributed by atoms with Crippen molar-refractivity contribution in [2.24, 2.45) is 17.8 Å². The van der Waals surface area contributed by atoms with E-state index >= 15 is 0 Å². The van der Waals surface area contributed by atoms with Gasteiger partial charge in [-0.2, -0.15) is 0 Å². The van der Waals surface area contributed by atoms with Gasteiger partial charge in [0.15, 0.2) is 5.78 Å². The van der Waals surface area contributed by atoms with E-state index in [9.17, 15) is 19.5 Å². The molecule has 6 heteroatoms. The summed E-state index contributed by atoms with van der Waals surface area (Å²) in [5.41, 5.74) is -0.246. The van der Waals surface area contributed by atoms with Crippen LogP contribution < -0.4 is 0 Å². The number of aliphatic hydroxyl groups is 1. The van der Waals surface area contributed by atoms with Gasteiger partial charge in [0.1, 0.15) is 12.2 Å². The lowest BCUT2D eigenvalue weighted by Crippen LogP contribution is -2.44. The van der Waals surface area contributed by atoms with Crippen LogP contribution in [-0.4, -0.2) is 40.6 Å². The number of carbonyl (C=O) groups excluding carboxylic acids is 3. The molecule has 0 aromatic heterocycles. The molecule has 2 fully saturated rings. The van der Waals surface area contributed by atoms with Gasteiger partial charge in [0.05, 0.1) is 17.4 Å². The molecular weight excluding hydrogens is 324 g/mol. The molecule has 1 heterocycles. The Morgan fingerprint density at radius 3 is 2.64 bits per heavy atom. The molecule has 0 spiro atoms. The van der Waals surface area contributed by atoms with Crippen LogP contribution in [0.15, 0.2) is 36.0 Å². The average molecular weight is 346 g/mol. The highest BCUT2D eigenvalue weighted by molar-refractivity contribution is 5.97. The fraction of sp³-hybridized carbons (Fsp3) is 0.526. The lowest BCUT2D eigenvalue weighted by Gasteiger charge is -2.33. The van der Waals surface area contributed by atoms with Crippen molar-refractivity contribution in [3.63, 3.8) is 0 Å². The molecule has 6 atom stereocenters. The molecule has 2 aliphatic carbocycles. The smallest absolute Gasteiger partial charge is 0.334 e. The molecule has 1 aliphatic heterocycles. The summed E-state index contributed by atoms with van der Waals surface area (Å²) >= 11 is 0. The van der Waals surface area contributed by atoms with Crippen LogP contribution in [0.1, 0.15) is 27.2 Å². The SMILES string of the molecule is C=C(C)C(=O)O[C@@H]1C[C@](C)(O)[C@@H]2C(=O)C=C(C)[C@@H]2[C@H]2OC(=O)C(=C)[C@@H]21. The number of hydrogen-bond donors (Lipinski definition) is 1. The number of carbonyl (C=O) groups is 3. The summed E-state index contributed by atoms with van der Waals surface area (Å²) in [6, 6.07) is 0. The molecule has 3 aliphatic rings. The fourth-order valence-electron chi connectivity index (χ4n) is 4.35. The van der Waals surface area contributed by atoms with E-state index in [-0.39, 0.29) is 23.4 Å². The predicted molar refractivity (Wildman–Crippen MR) is 88.2 cm³/mol. The first kappa shape index (κ1) is 17.6. The maximum absolute atomic E-state index is 12.5. The standard InChI is InChI=1S/C19H22O6/c1-8(2)17(21)24-12-7-19(5,23)15-11(20)6-9(3)13(15)16-14(12)10(4)18(22)25-16/h6,12-16,23H,1,4,7H2,2-3,5H3/t12-,13+,14-,15-,16-,19+/m1/s1. The van der Waals surface area contributed by atoms with Crippen LogP contribution >= 0.6 is 0 Å². The summed E-state index contributed by atoms with van der Waals surface area (Å²) in [6.45, 7) is 12.2. The lowest BCUT2D eigenvalue weighted by molar-refractivity contribution is -0.150. The molecule has 6 nitrogen and oxygen atoms in total. The molecule has 0 radical (unpaired) electrons. The second-order valence-electron chi connectivity index (χ2n) is 7.50. The van der Waals surface area contributed by atoms with Crippen LogP contribution in [0.4, 0.5) is 0 Å². The van der Waals surface area contributed by atoms with E-state index in [1.165, 1.54) is 13.0 Å². The highest BCUT2D eigenvalue weighted by Gasteiger charge is 2.61. The van der Waals surface area contributed by atoms with Crippen molar-refractivity contribution in [3.8, 4) is 0 Å². The summed E-state index contributed by atoms with van der Waals surface area (Å²) in [5, 5.41) is 11.0. The Hall–Kier alpha value is -2.21. The Labute approximate surface area is 146 Å². The quantitative estimate of drug-likeness (QED) is 0.602. The molecule has 0 aromatic rings. The first-order valence-electron chi connectivity index (χ1n) is 8.25. The molecular formula is C19H22O6. The van der Waals surface area contributed by atoms with Crippen molar-refractivity contribution in [3.05, 3.63) is 36.0 Å². The number of fused-ring (bicyclic) bond motifs is 3. The van der Waals surface area contributed by atoms with Crippen LogP contribution in [-0.2, 0) is 23.9 Å². The van der Waals surface area contributed by atoms with Gasteiger partial charge in [0, 0.05) is 23.5 Å². The Kier molecular flexibility index (Phi) is 3.99. The van der Waals surface area contributed by atoms with Crippen LogP contribution in [0.5, 0.6) is 0 Å². The third kappa shape index (κ3) is 2.65. The second-order valence-corrected chi connectivity index (χ2v) is 7.50. The molecule has 0 amide bonds. The van der Waals surface area contributed by atoms with Crippen molar-refractivity contribution in [2.75, 3.05) is 0 Å². The van der Waals surface area contributed by atoms with E-state index in [2.05, 4.69) is 13.2 Å². The first-order chi connectivity index (χ1) is 11.5. The third-order valence-corrected chi connectivity index (χ3v) is 5.47. The number of ketones is 1. The van der Waals surface area contributed by atoms with Crippen LogP contribution in [0.2, 0.25) is 0 Å². The molecule has 3 rings (SSSR count). The molecule has 1 N–H and O–H groups in total. The van der Waals surface area contributed by atoms with Gasteiger partial charge < -0.3 is 14.6 Å². The van der Waals surface area contributed by atoms with Crippen molar-refractivity contribution in [1.82, 2.24) is 0 Å². The summed E-state index contributed by atoms with van der Waals surface area (Å²) in [4.78, 5) is 36.6. The number of allylic oxidation sites excluding steroid dienone is 1. The summed E-state index contributed by atoms with van der Waals surface area (Å²) in [6.07, 6.45) is -0.00804. The first-order valence-corrected chi connectivity index (χ1v) is 8.25. The van der Waals surface area contributed by atoms with Crippen molar-refractivity contribution in [1.29, 1.82) is 0 Å². The Morgan fingerprint density at radius 1 is 1.40 bits per heavy atom. The minimum atomic E-state index is -1.41. The zero-order chi connectivity index (χ0) is 18.7. The Bertz CT molecular complexity index is 728. The molecule has 1 saturated heterocycles. The molecule has 0 aromatic carbocycles. The van der Waals surface area contributed by atoms with Gasteiger partial charge in [-0.25, -0.2) is 9.59 Å². The highest BCUT2D eigenvalue weighted by atomic mass is 16.6. The maximum Gasteiger partial charge on any atom is 0.334 e. The zero-order valence-electron chi connectivity index (χ0n) is 14.6. The number of ether oxygens (including phenoxy) is 2. The van der Waals surface area contributed by atoms with E-state index in [1.807, 2.05) is 0 Å². The predicted octanol–water partition coefficient (Wildman–Crippen LogP) is 1.49. The molecule has 25 heavy (non-hydrogen) atoms. The lowest BCUT2D eigenvalue weighted by atomic mass is 9.76. The van der Waals surface area contributed by atoms with Crippen LogP contribution in [0, 0.1) is 17.8 Å².